The Kier molecular flexibility index (Phi) is 5.03. The van der Waals surface area contributed by atoms with Crippen molar-refractivity contribution in [3.05, 3.63) is 39.4 Å². The lowest BCUT2D eigenvalue weighted by atomic mass is 9.95. The molecule has 0 bridgehead atoms. The number of carbonyl (C=O) groups is 1. The van der Waals surface area contributed by atoms with Gasteiger partial charge in [0.15, 0.2) is 0 Å². The summed E-state index contributed by atoms with van der Waals surface area (Å²) in [6, 6.07) is 3.75. The zero-order valence-electron chi connectivity index (χ0n) is 13.3. The molecule has 5 nitrogen and oxygen atoms in total. The molecule has 120 valence electrons. The maximum absolute atomic E-state index is 12.1. The van der Waals surface area contributed by atoms with Gasteiger partial charge in [-0.05, 0) is 38.1 Å². The van der Waals surface area contributed by atoms with Gasteiger partial charge in [-0.1, -0.05) is 18.1 Å². The summed E-state index contributed by atoms with van der Waals surface area (Å²) in [6.45, 7) is 7.61. The maximum Gasteiger partial charge on any atom is 0.220 e. The van der Waals surface area contributed by atoms with Gasteiger partial charge >= 0.3 is 0 Å². The zero-order chi connectivity index (χ0) is 16.3. The first-order valence-electron chi connectivity index (χ1n) is 7.27. The summed E-state index contributed by atoms with van der Waals surface area (Å²) >= 11 is 1.48. The van der Waals surface area contributed by atoms with Gasteiger partial charge in [-0.2, -0.15) is 0 Å². The van der Waals surface area contributed by atoms with E-state index in [2.05, 4.69) is 10.5 Å². The Balaban J connectivity index is 1.91. The number of aliphatic hydroxyl groups is 1. The SMILES string of the molecule is Cc1noc(C)c1C(C)CC(=O)NCC(C)(O)c1cccs1. The number of aryl methyl sites for hydroxylation is 2. The van der Waals surface area contributed by atoms with Gasteiger partial charge < -0.3 is 14.9 Å². The Bertz CT molecular complexity index is 612. The van der Waals surface area contributed by atoms with Crippen molar-refractivity contribution >= 4 is 17.2 Å². The summed E-state index contributed by atoms with van der Waals surface area (Å²) < 4.78 is 5.14. The van der Waals surface area contributed by atoms with Crippen molar-refractivity contribution in [2.45, 2.75) is 45.6 Å². The minimum absolute atomic E-state index is 0.0259. The fourth-order valence-corrected chi connectivity index (χ4v) is 3.38. The molecule has 0 aliphatic carbocycles. The summed E-state index contributed by atoms with van der Waals surface area (Å²) in [4.78, 5) is 13.0. The number of hydrogen-bond acceptors (Lipinski definition) is 5. The topological polar surface area (TPSA) is 75.4 Å². The van der Waals surface area contributed by atoms with E-state index in [1.54, 1.807) is 6.92 Å². The lowest BCUT2D eigenvalue weighted by Crippen LogP contribution is -2.38. The molecule has 0 aromatic carbocycles. The van der Waals surface area contributed by atoms with Crippen LogP contribution in [0.15, 0.2) is 22.0 Å². The summed E-state index contributed by atoms with van der Waals surface area (Å²) in [5, 5.41) is 19.0. The Labute approximate surface area is 134 Å². The number of amides is 1. The average Bonchev–Trinajstić information content (AvgIpc) is 3.07. The Hall–Kier alpha value is -1.66. The molecule has 0 aliphatic heterocycles. The van der Waals surface area contributed by atoms with Crippen LogP contribution in [-0.4, -0.2) is 22.7 Å². The highest BCUT2D eigenvalue weighted by Crippen LogP contribution is 2.27. The van der Waals surface area contributed by atoms with E-state index in [4.69, 9.17) is 4.52 Å². The van der Waals surface area contributed by atoms with Crippen molar-refractivity contribution in [1.29, 1.82) is 0 Å². The van der Waals surface area contributed by atoms with Crippen LogP contribution < -0.4 is 5.32 Å². The molecule has 22 heavy (non-hydrogen) atoms. The number of aromatic nitrogens is 1. The maximum atomic E-state index is 12.1. The zero-order valence-corrected chi connectivity index (χ0v) is 14.2. The highest BCUT2D eigenvalue weighted by atomic mass is 32.1. The van der Waals surface area contributed by atoms with Crippen LogP contribution in [-0.2, 0) is 10.4 Å². The monoisotopic (exact) mass is 322 g/mol. The molecule has 1 amide bonds. The number of nitrogens with one attached hydrogen (secondary N) is 1. The summed E-state index contributed by atoms with van der Waals surface area (Å²) in [5.74, 6) is 0.686. The van der Waals surface area contributed by atoms with Gasteiger partial charge in [-0.25, -0.2) is 0 Å². The molecule has 2 N–H and O–H groups in total. The average molecular weight is 322 g/mol. The standard InChI is InChI=1S/C16H22N2O3S/c1-10(15-11(2)18-21-12(15)3)8-14(19)17-9-16(4,20)13-6-5-7-22-13/h5-7,10,20H,8-9H2,1-4H3,(H,17,19). The van der Waals surface area contributed by atoms with Gasteiger partial charge in [0, 0.05) is 16.9 Å². The van der Waals surface area contributed by atoms with Crippen molar-refractivity contribution < 1.29 is 14.4 Å². The van der Waals surface area contributed by atoms with Crippen LogP contribution in [0.1, 0.15) is 48.1 Å². The van der Waals surface area contributed by atoms with Gasteiger partial charge in [0.05, 0.1) is 12.2 Å². The molecule has 0 aliphatic rings. The number of thiophene rings is 1. The second-order valence-corrected chi connectivity index (χ2v) is 6.82. The largest absolute Gasteiger partial charge is 0.383 e. The van der Waals surface area contributed by atoms with Crippen LogP contribution in [0, 0.1) is 13.8 Å². The van der Waals surface area contributed by atoms with Gasteiger partial charge in [-0.3, -0.25) is 4.79 Å². The third-order valence-electron chi connectivity index (χ3n) is 3.75. The fourth-order valence-electron chi connectivity index (χ4n) is 2.59. The molecule has 0 radical (unpaired) electrons. The molecule has 2 heterocycles. The molecule has 0 saturated carbocycles. The molecule has 0 saturated heterocycles. The molecule has 2 rings (SSSR count). The van der Waals surface area contributed by atoms with Crippen LogP contribution in [0.25, 0.3) is 0 Å². The molecule has 2 aromatic rings. The molecular formula is C16H22N2O3S. The van der Waals surface area contributed by atoms with E-state index < -0.39 is 5.60 Å². The minimum atomic E-state index is -1.05. The van der Waals surface area contributed by atoms with E-state index in [-0.39, 0.29) is 18.4 Å². The Morgan fingerprint density at radius 2 is 2.27 bits per heavy atom. The van der Waals surface area contributed by atoms with Crippen LogP contribution in [0.5, 0.6) is 0 Å². The Morgan fingerprint density at radius 3 is 2.82 bits per heavy atom. The molecule has 0 spiro atoms. The number of hydrogen-bond donors (Lipinski definition) is 2. The second kappa shape index (κ2) is 6.62. The van der Waals surface area contributed by atoms with E-state index in [9.17, 15) is 9.90 Å². The van der Waals surface area contributed by atoms with Crippen LogP contribution in [0.3, 0.4) is 0 Å². The normalized spacial score (nSPS) is 15.3. The van der Waals surface area contributed by atoms with Gasteiger partial charge in [0.2, 0.25) is 5.91 Å². The first-order chi connectivity index (χ1) is 10.3. The predicted octanol–water partition coefficient (Wildman–Crippen LogP) is 2.87. The summed E-state index contributed by atoms with van der Waals surface area (Å²) in [6.07, 6.45) is 0.337. The highest BCUT2D eigenvalue weighted by molar-refractivity contribution is 7.10. The van der Waals surface area contributed by atoms with E-state index >= 15 is 0 Å². The van der Waals surface area contributed by atoms with Gasteiger partial charge in [-0.15, -0.1) is 11.3 Å². The van der Waals surface area contributed by atoms with E-state index in [0.29, 0.717) is 6.42 Å². The quantitative estimate of drug-likeness (QED) is 0.857. The first kappa shape index (κ1) is 16.7. The van der Waals surface area contributed by atoms with E-state index in [1.165, 1.54) is 11.3 Å². The molecule has 2 aromatic heterocycles. The van der Waals surface area contributed by atoms with Crippen molar-refractivity contribution in [3.63, 3.8) is 0 Å². The van der Waals surface area contributed by atoms with Crippen molar-refractivity contribution in [2.75, 3.05) is 6.54 Å². The van der Waals surface area contributed by atoms with Gasteiger partial charge in [0.25, 0.3) is 0 Å². The smallest absolute Gasteiger partial charge is 0.220 e. The molecular weight excluding hydrogens is 300 g/mol. The van der Waals surface area contributed by atoms with E-state index in [1.807, 2.05) is 38.3 Å². The van der Waals surface area contributed by atoms with Crippen LogP contribution >= 0.6 is 11.3 Å². The minimum Gasteiger partial charge on any atom is -0.383 e. The second-order valence-electron chi connectivity index (χ2n) is 5.87. The van der Waals surface area contributed by atoms with Crippen molar-refractivity contribution in [3.8, 4) is 0 Å². The van der Waals surface area contributed by atoms with Crippen LogP contribution in [0.4, 0.5) is 0 Å². The lowest BCUT2D eigenvalue weighted by molar-refractivity contribution is -0.122. The number of carbonyl (C=O) groups excluding carboxylic acids is 1. The number of nitrogens with zero attached hydrogens (tertiary/aromatic N) is 1. The Morgan fingerprint density at radius 1 is 1.55 bits per heavy atom. The predicted molar refractivity (Wildman–Crippen MR) is 85.9 cm³/mol. The molecule has 0 fully saturated rings. The summed E-state index contributed by atoms with van der Waals surface area (Å²) in [5.41, 5.74) is 0.763. The fraction of sp³-hybridized carbons (Fsp3) is 0.500. The molecule has 2 atom stereocenters. The lowest BCUT2D eigenvalue weighted by Gasteiger charge is -2.22. The summed E-state index contributed by atoms with van der Waals surface area (Å²) in [7, 11) is 0. The third kappa shape index (κ3) is 3.75. The first-order valence-corrected chi connectivity index (χ1v) is 8.15. The van der Waals surface area contributed by atoms with Gasteiger partial charge in [0.1, 0.15) is 11.4 Å². The highest BCUT2D eigenvalue weighted by Gasteiger charge is 2.26. The van der Waals surface area contributed by atoms with Crippen molar-refractivity contribution in [2.24, 2.45) is 0 Å². The molecule has 2 unspecified atom stereocenters. The molecule has 6 heteroatoms. The third-order valence-corrected chi connectivity index (χ3v) is 4.88. The van der Waals surface area contributed by atoms with E-state index in [0.717, 1.165) is 21.9 Å². The van der Waals surface area contributed by atoms with Crippen LogP contribution in [0.2, 0.25) is 0 Å². The number of rotatable bonds is 6. The van der Waals surface area contributed by atoms with Crippen molar-refractivity contribution in [1.82, 2.24) is 10.5 Å².